The molecule has 33 heavy (non-hydrogen) atoms. The van der Waals surface area contributed by atoms with Crippen molar-refractivity contribution in [3.63, 3.8) is 0 Å². The molecule has 2 saturated heterocycles. The van der Waals surface area contributed by atoms with E-state index in [1.807, 2.05) is 20.8 Å². The van der Waals surface area contributed by atoms with E-state index in [2.05, 4.69) is 11.7 Å². The van der Waals surface area contributed by atoms with Crippen LogP contribution in [-0.2, 0) is 28.5 Å². The van der Waals surface area contributed by atoms with Crippen molar-refractivity contribution in [1.29, 1.82) is 0 Å². The van der Waals surface area contributed by atoms with Crippen molar-refractivity contribution >= 4 is 5.97 Å². The number of carbonyl (C=O) groups is 1. The van der Waals surface area contributed by atoms with Crippen LogP contribution in [0.3, 0.4) is 0 Å². The number of aliphatic hydroxyl groups is 1. The van der Waals surface area contributed by atoms with Gasteiger partial charge in [-0.15, -0.1) is 0 Å². The molecule has 0 radical (unpaired) electrons. The number of methoxy groups -OCH3 is 1. The zero-order valence-corrected chi connectivity index (χ0v) is 21.6. The van der Waals surface area contributed by atoms with Crippen LogP contribution >= 0.6 is 0 Å². The van der Waals surface area contributed by atoms with E-state index in [9.17, 15) is 9.90 Å². The summed E-state index contributed by atoms with van der Waals surface area (Å²) in [6.45, 7) is 7.90. The molecular formula is C26H48O7. The lowest BCUT2D eigenvalue weighted by Crippen LogP contribution is -2.56. The summed E-state index contributed by atoms with van der Waals surface area (Å²) in [5.41, 5.74) is 0. The number of fused-ring (bicyclic) bond motifs is 1. The smallest absolute Gasteiger partial charge is 0.305 e. The second-order valence-electron chi connectivity index (χ2n) is 10.1. The molecule has 0 aromatic heterocycles. The van der Waals surface area contributed by atoms with E-state index in [4.69, 9.17) is 18.9 Å². The fraction of sp³-hybridized carbons (Fsp3) is 0.962. The quantitative estimate of drug-likeness (QED) is 0.242. The van der Waals surface area contributed by atoms with E-state index >= 15 is 0 Å². The third kappa shape index (κ3) is 9.81. The molecule has 194 valence electrons. The van der Waals surface area contributed by atoms with Gasteiger partial charge in [-0.2, -0.15) is 0 Å². The lowest BCUT2D eigenvalue weighted by molar-refractivity contribution is -0.288. The van der Waals surface area contributed by atoms with Gasteiger partial charge in [-0.3, -0.25) is 4.79 Å². The Morgan fingerprint density at radius 2 is 1.52 bits per heavy atom. The van der Waals surface area contributed by atoms with Gasteiger partial charge in [0, 0.05) is 6.42 Å². The molecule has 2 heterocycles. The Morgan fingerprint density at radius 1 is 0.939 bits per heavy atom. The third-order valence-corrected chi connectivity index (χ3v) is 6.68. The topological polar surface area (TPSA) is 83.5 Å². The minimum atomic E-state index is -0.855. The summed E-state index contributed by atoms with van der Waals surface area (Å²) < 4.78 is 28.9. The number of carbonyl (C=O) groups excluding carboxylic acids is 1. The number of unbranched alkanes of at least 4 members (excludes halogenated alkanes) is 8. The van der Waals surface area contributed by atoms with Crippen LogP contribution in [0.25, 0.3) is 0 Å². The molecule has 0 aliphatic carbocycles. The highest BCUT2D eigenvalue weighted by atomic mass is 16.8. The van der Waals surface area contributed by atoms with Crippen molar-refractivity contribution in [1.82, 2.24) is 0 Å². The van der Waals surface area contributed by atoms with Gasteiger partial charge < -0.3 is 28.8 Å². The fourth-order valence-electron chi connectivity index (χ4n) is 4.80. The van der Waals surface area contributed by atoms with Crippen molar-refractivity contribution in [3.8, 4) is 0 Å². The molecule has 0 bridgehead atoms. The first kappa shape index (κ1) is 28.5. The first-order valence-electron chi connectivity index (χ1n) is 13.2. The molecule has 0 aromatic rings. The van der Waals surface area contributed by atoms with Crippen LogP contribution in [0.5, 0.6) is 0 Å². The molecule has 2 aliphatic heterocycles. The first-order valence-corrected chi connectivity index (χ1v) is 13.2. The largest absolute Gasteiger partial charge is 0.469 e. The molecule has 2 rings (SSSR count). The van der Waals surface area contributed by atoms with Crippen LogP contribution in [-0.4, -0.2) is 60.8 Å². The minimum Gasteiger partial charge on any atom is -0.469 e. The molecule has 1 N–H and O–H groups in total. The Balaban J connectivity index is 1.72. The Bertz CT molecular complexity index is 553. The molecule has 2 aliphatic rings. The average molecular weight is 473 g/mol. The Hall–Kier alpha value is -0.730. The molecule has 7 nitrogen and oxygen atoms in total. The summed E-state index contributed by atoms with van der Waals surface area (Å²) in [4.78, 5) is 11.1. The van der Waals surface area contributed by atoms with Crippen molar-refractivity contribution in [2.45, 2.75) is 154 Å². The van der Waals surface area contributed by atoms with Crippen LogP contribution in [0.1, 0.15) is 111 Å². The highest BCUT2D eigenvalue weighted by Crippen LogP contribution is 2.38. The number of esters is 1. The molecule has 7 heteroatoms. The summed E-state index contributed by atoms with van der Waals surface area (Å²) in [6, 6.07) is 0. The molecule has 0 aromatic carbocycles. The Labute approximate surface area is 200 Å². The highest BCUT2D eigenvalue weighted by molar-refractivity contribution is 5.68. The Kier molecular flexibility index (Phi) is 12.6. The lowest BCUT2D eigenvalue weighted by atomic mass is 9.99. The second kappa shape index (κ2) is 14.6. The predicted octanol–water partition coefficient (Wildman–Crippen LogP) is 5.26. The number of hydrogen-bond acceptors (Lipinski definition) is 7. The van der Waals surface area contributed by atoms with Gasteiger partial charge in [0.15, 0.2) is 12.1 Å². The Morgan fingerprint density at radius 3 is 2.15 bits per heavy atom. The molecule has 2 fully saturated rings. The van der Waals surface area contributed by atoms with Crippen molar-refractivity contribution < 1.29 is 33.6 Å². The van der Waals surface area contributed by atoms with Crippen LogP contribution in [0.4, 0.5) is 0 Å². The maximum atomic E-state index is 11.1. The van der Waals surface area contributed by atoms with E-state index in [1.165, 1.54) is 39.2 Å². The minimum absolute atomic E-state index is 0.0790. The van der Waals surface area contributed by atoms with Crippen LogP contribution < -0.4 is 0 Å². The van der Waals surface area contributed by atoms with Crippen molar-refractivity contribution in [3.05, 3.63) is 0 Å². The van der Waals surface area contributed by atoms with Gasteiger partial charge in [0.1, 0.15) is 18.3 Å². The second-order valence-corrected chi connectivity index (χ2v) is 10.1. The summed E-state index contributed by atoms with van der Waals surface area (Å²) >= 11 is 0. The van der Waals surface area contributed by atoms with Crippen molar-refractivity contribution in [2.75, 3.05) is 7.11 Å². The third-order valence-electron chi connectivity index (χ3n) is 6.68. The predicted molar refractivity (Wildman–Crippen MR) is 127 cm³/mol. The summed E-state index contributed by atoms with van der Waals surface area (Å²) in [5, 5.41) is 10.9. The number of hydrogen-bond donors (Lipinski definition) is 1. The number of rotatable bonds is 16. The number of ether oxygens (including phenoxy) is 5. The highest BCUT2D eigenvalue weighted by Gasteiger charge is 2.54. The zero-order valence-electron chi connectivity index (χ0n) is 21.6. The normalized spacial score (nSPS) is 29.6. The average Bonchev–Trinajstić information content (AvgIpc) is 3.11. The summed E-state index contributed by atoms with van der Waals surface area (Å²) in [7, 11) is 1.44. The van der Waals surface area contributed by atoms with E-state index in [1.54, 1.807) is 0 Å². The summed E-state index contributed by atoms with van der Waals surface area (Å²) in [6.07, 6.45) is 11.4. The lowest BCUT2D eigenvalue weighted by Gasteiger charge is -2.40. The molecule has 0 amide bonds. The van der Waals surface area contributed by atoms with E-state index in [0.717, 1.165) is 44.9 Å². The van der Waals surface area contributed by atoms with Crippen LogP contribution in [0, 0.1) is 0 Å². The van der Waals surface area contributed by atoms with Crippen LogP contribution in [0.15, 0.2) is 0 Å². The van der Waals surface area contributed by atoms with Crippen molar-refractivity contribution in [2.24, 2.45) is 0 Å². The van der Waals surface area contributed by atoms with Gasteiger partial charge in [0.25, 0.3) is 0 Å². The standard InChI is InChI=1S/C26H48O7/c1-6-7-13-16-20(17-14-11-9-8-10-12-15-18-21(27)29-5)31-25-22(28)24-23(19(2)30-25)32-26(3,4)33-24/h19-20,22-25,28H,6-18H2,1-5H3/t19-,20-,22-,23+,24-,25+/m1/s1. The molecule has 6 atom stereocenters. The summed E-state index contributed by atoms with van der Waals surface area (Å²) in [5.74, 6) is -0.834. The zero-order chi connectivity index (χ0) is 24.3. The fourth-order valence-corrected chi connectivity index (χ4v) is 4.80. The van der Waals surface area contributed by atoms with Gasteiger partial charge in [-0.05, 0) is 40.0 Å². The van der Waals surface area contributed by atoms with Gasteiger partial charge in [0.05, 0.1) is 19.3 Å². The SMILES string of the molecule is CCCCC[C@H](CCCCCCCCCC(=O)OC)O[C@@H]1O[C@H](C)[C@@H]2OC(C)(C)O[C@@H]2[C@H]1O. The van der Waals surface area contributed by atoms with Gasteiger partial charge in [0.2, 0.25) is 0 Å². The molecular weight excluding hydrogens is 424 g/mol. The molecule has 0 unspecified atom stereocenters. The van der Waals surface area contributed by atoms with E-state index in [0.29, 0.717) is 6.42 Å². The van der Waals surface area contributed by atoms with Crippen LogP contribution in [0.2, 0.25) is 0 Å². The molecule has 0 spiro atoms. The maximum absolute atomic E-state index is 11.1. The maximum Gasteiger partial charge on any atom is 0.305 e. The van der Waals surface area contributed by atoms with E-state index in [-0.39, 0.29) is 24.3 Å². The van der Waals surface area contributed by atoms with Gasteiger partial charge >= 0.3 is 5.97 Å². The van der Waals surface area contributed by atoms with Gasteiger partial charge in [-0.1, -0.05) is 64.7 Å². The first-order chi connectivity index (χ1) is 15.8. The van der Waals surface area contributed by atoms with Gasteiger partial charge in [-0.25, -0.2) is 0 Å². The number of aliphatic hydroxyl groups excluding tert-OH is 1. The van der Waals surface area contributed by atoms with E-state index < -0.39 is 24.3 Å². The monoisotopic (exact) mass is 472 g/mol. The molecule has 0 saturated carbocycles.